The van der Waals surface area contributed by atoms with Crippen molar-refractivity contribution in [1.29, 1.82) is 0 Å². The Balaban J connectivity index is 2.11. The summed E-state index contributed by atoms with van der Waals surface area (Å²) in [6.07, 6.45) is 1.00. The summed E-state index contributed by atoms with van der Waals surface area (Å²) in [5, 5.41) is 14.4. The SMILES string of the molecule is CC(C)CN(CCP)C(=O)N[C@@H](Cc1ccc2ccccc2c1)C(=O)O. The summed E-state index contributed by atoms with van der Waals surface area (Å²) in [6.45, 7) is 5.25. The molecule has 0 aromatic heterocycles. The van der Waals surface area contributed by atoms with Crippen LogP contribution < -0.4 is 5.32 Å². The maximum Gasteiger partial charge on any atom is 0.326 e. The molecule has 0 aliphatic heterocycles. The molecule has 6 heteroatoms. The second-order valence-corrected chi connectivity index (χ2v) is 7.43. The van der Waals surface area contributed by atoms with Gasteiger partial charge in [-0.15, -0.1) is 9.24 Å². The van der Waals surface area contributed by atoms with Gasteiger partial charge in [0.05, 0.1) is 0 Å². The Morgan fingerprint density at radius 2 is 1.85 bits per heavy atom. The number of nitrogens with zero attached hydrogens (tertiary/aromatic N) is 1. The van der Waals surface area contributed by atoms with E-state index in [1.54, 1.807) is 4.90 Å². The lowest BCUT2D eigenvalue weighted by Crippen LogP contribution is -2.50. The first-order valence-electron chi connectivity index (χ1n) is 8.86. The fourth-order valence-corrected chi connectivity index (χ4v) is 3.23. The van der Waals surface area contributed by atoms with Crippen molar-refractivity contribution in [2.45, 2.75) is 26.3 Å². The van der Waals surface area contributed by atoms with Crippen LogP contribution in [0.5, 0.6) is 0 Å². The van der Waals surface area contributed by atoms with E-state index in [4.69, 9.17) is 0 Å². The van der Waals surface area contributed by atoms with Crippen LogP contribution in [0, 0.1) is 5.92 Å². The van der Waals surface area contributed by atoms with Crippen molar-refractivity contribution in [1.82, 2.24) is 10.2 Å². The molecule has 0 aliphatic carbocycles. The smallest absolute Gasteiger partial charge is 0.326 e. The number of benzene rings is 2. The lowest BCUT2D eigenvalue weighted by molar-refractivity contribution is -0.139. The van der Waals surface area contributed by atoms with Gasteiger partial charge in [0.25, 0.3) is 0 Å². The Bertz CT molecular complexity index is 764. The van der Waals surface area contributed by atoms with Gasteiger partial charge in [-0.25, -0.2) is 9.59 Å². The van der Waals surface area contributed by atoms with Gasteiger partial charge in [-0.1, -0.05) is 56.3 Å². The lowest BCUT2D eigenvalue weighted by atomic mass is 10.0. The number of nitrogens with one attached hydrogen (secondary N) is 1. The first-order chi connectivity index (χ1) is 12.4. The summed E-state index contributed by atoms with van der Waals surface area (Å²) in [6, 6.07) is 12.5. The number of carboxylic acid groups (broad SMARTS) is 1. The van der Waals surface area contributed by atoms with Gasteiger partial charge in [0.1, 0.15) is 6.04 Å². The van der Waals surface area contributed by atoms with E-state index in [9.17, 15) is 14.7 Å². The number of hydrogen-bond donors (Lipinski definition) is 2. The molecule has 0 radical (unpaired) electrons. The molecule has 0 saturated carbocycles. The van der Waals surface area contributed by atoms with E-state index in [0.29, 0.717) is 19.0 Å². The highest BCUT2D eigenvalue weighted by Gasteiger charge is 2.23. The number of carbonyl (C=O) groups excluding carboxylic acids is 1. The number of aliphatic carboxylic acids is 1. The highest BCUT2D eigenvalue weighted by molar-refractivity contribution is 7.16. The molecular weight excluding hydrogens is 347 g/mol. The average Bonchev–Trinajstić information content (AvgIpc) is 2.60. The van der Waals surface area contributed by atoms with Crippen LogP contribution in [0.2, 0.25) is 0 Å². The Hall–Kier alpha value is -2.13. The van der Waals surface area contributed by atoms with Gasteiger partial charge >= 0.3 is 12.0 Å². The third-order valence-electron chi connectivity index (χ3n) is 4.12. The zero-order valence-corrected chi connectivity index (χ0v) is 16.5. The molecule has 26 heavy (non-hydrogen) atoms. The number of fused-ring (bicyclic) bond motifs is 1. The van der Waals surface area contributed by atoms with Gasteiger partial charge in [-0.2, -0.15) is 0 Å². The van der Waals surface area contributed by atoms with Crippen molar-refractivity contribution in [3.8, 4) is 0 Å². The van der Waals surface area contributed by atoms with Gasteiger partial charge in [-0.05, 0) is 28.4 Å². The monoisotopic (exact) mass is 374 g/mol. The van der Waals surface area contributed by atoms with Crippen LogP contribution >= 0.6 is 9.24 Å². The quantitative estimate of drug-likeness (QED) is 0.696. The Labute approximate surface area is 157 Å². The van der Waals surface area contributed by atoms with E-state index >= 15 is 0 Å². The first-order valence-corrected chi connectivity index (χ1v) is 9.68. The molecule has 2 aromatic rings. The predicted octanol–water partition coefficient (Wildman–Crippen LogP) is 3.38. The number of amides is 2. The minimum Gasteiger partial charge on any atom is -0.480 e. The summed E-state index contributed by atoms with van der Waals surface area (Å²) in [4.78, 5) is 25.9. The standard InChI is InChI=1S/C20H27N2O3P/c1-14(2)13-22(9-10-26)20(25)21-18(19(23)24)12-15-7-8-16-5-3-4-6-17(16)11-15/h3-8,11,14,18H,9-10,12-13,26H2,1-2H3,(H,21,25)(H,23,24)/t18-/m0/s1. The fourth-order valence-electron chi connectivity index (χ4n) is 2.91. The minimum absolute atomic E-state index is 0.252. The van der Waals surface area contributed by atoms with E-state index in [-0.39, 0.29) is 12.5 Å². The van der Waals surface area contributed by atoms with Crippen molar-refractivity contribution in [3.05, 3.63) is 48.0 Å². The molecule has 2 atom stereocenters. The molecule has 140 valence electrons. The summed E-state index contributed by atoms with van der Waals surface area (Å²) >= 11 is 0. The molecule has 5 nitrogen and oxygen atoms in total. The number of hydrogen-bond acceptors (Lipinski definition) is 2. The molecule has 2 amide bonds. The van der Waals surface area contributed by atoms with Crippen molar-refractivity contribution in [2.75, 3.05) is 19.3 Å². The second-order valence-electron chi connectivity index (χ2n) is 6.85. The van der Waals surface area contributed by atoms with E-state index in [0.717, 1.165) is 22.5 Å². The van der Waals surface area contributed by atoms with Crippen LogP contribution in [0.15, 0.2) is 42.5 Å². The average molecular weight is 374 g/mol. The van der Waals surface area contributed by atoms with E-state index in [1.807, 2.05) is 56.3 Å². The number of carboxylic acids is 1. The Kier molecular flexibility index (Phi) is 7.40. The molecule has 0 saturated heterocycles. The zero-order valence-electron chi connectivity index (χ0n) is 15.3. The molecule has 0 heterocycles. The molecule has 0 fully saturated rings. The molecule has 0 aliphatic rings. The molecule has 2 rings (SSSR count). The van der Waals surface area contributed by atoms with Crippen LogP contribution in [-0.2, 0) is 11.2 Å². The minimum atomic E-state index is -1.03. The highest BCUT2D eigenvalue weighted by atomic mass is 31.0. The van der Waals surface area contributed by atoms with Gasteiger partial charge in [0.2, 0.25) is 0 Å². The second kappa shape index (κ2) is 9.54. The summed E-state index contributed by atoms with van der Waals surface area (Å²) in [5.41, 5.74) is 0.887. The molecule has 0 bridgehead atoms. The lowest BCUT2D eigenvalue weighted by Gasteiger charge is -2.26. The van der Waals surface area contributed by atoms with Crippen LogP contribution in [0.3, 0.4) is 0 Å². The van der Waals surface area contributed by atoms with Crippen LogP contribution in [0.4, 0.5) is 4.79 Å². The number of urea groups is 1. The molecule has 1 unspecified atom stereocenters. The van der Waals surface area contributed by atoms with Crippen LogP contribution in [0.1, 0.15) is 19.4 Å². The highest BCUT2D eigenvalue weighted by Crippen LogP contribution is 2.17. The summed E-state index contributed by atoms with van der Waals surface area (Å²) in [7, 11) is 2.60. The summed E-state index contributed by atoms with van der Waals surface area (Å²) < 4.78 is 0. The van der Waals surface area contributed by atoms with Crippen molar-refractivity contribution in [2.24, 2.45) is 5.92 Å². The Morgan fingerprint density at radius 1 is 1.15 bits per heavy atom. The molecule has 2 aromatic carbocycles. The molecular formula is C20H27N2O3P. The first kappa shape index (κ1) is 20.2. The van der Waals surface area contributed by atoms with Gasteiger partial charge in [0, 0.05) is 19.5 Å². The maximum atomic E-state index is 12.5. The maximum absolute atomic E-state index is 12.5. The third kappa shape index (κ3) is 5.70. The largest absolute Gasteiger partial charge is 0.480 e. The van der Waals surface area contributed by atoms with Crippen molar-refractivity contribution >= 4 is 32.0 Å². The number of carbonyl (C=O) groups is 2. The molecule has 2 N–H and O–H groups in total. The van der Waals surface area contributed by atoms with Crippen LogP contribution in [-0.4, -0.2) is 47.3 Å². The van der Waals surface area contributed by atoms with E-state index < -0.39 is 12.0 Å². The number of rotatable bonds is 8. The van der Waals surface area contributed by atoms with Crippen LogP contribution in [0.25, 0.3) is 10.8 Å². The summed E-state index contributed by atoms with van der Waals surface area (Å²) in [5.74, 6) is -0.706. The van der Waals surface area contributed by atoms with Crippen molar-refractivity contribution in [3.63, 3.8) is 0 Å². The van der Waals surface area contributed by atoms with E-state index in [1.165, 1.54) is 0 Å². The third-order valence-corrected chi connectivity index (χ3v) is 4.38. The normalized spacial score (nSPS) is 12.2. The Morgan fingerprint density at radius 3 is 2.46 bits per heavy atom. The van der Waals surface area contributed by atoms with Crippen molar-refractivity contribution < 1.29 is 14.7 Å². The molecule has 0 spiro atoms. The topological polar surface area (TPSA) is 69.6 Å². The van der Waals surface area contributed by atoms with Gasteiger partial charge in [0.15, 0.2) is 0 Å². The zero-order chi connectivity index (χ0) is 19.1. The fraction of sp³-hybridized carbons (Fsp3) is 0.400. The van der Waals surface area contributed by atoms with E-state index in [2.05, 4.69) is 14.6 Å². The van der Waals surface area contributed by atoms with Gasteiger partial charge in [-0.3, -0.25) is 0 Å². The predicted molar refractivity (Wildman–Crippen MR) is 109 cm³/mol. The van der Waals surface area contributed by atoms with Gasteiger partial charge < -0.3 is 15.3 Å².